The van der Waals surface area contributed by atoms with Gasteiger partial charge in [0.25, 0.3) is 11.5 Å². The maximum absolute atomic E-state index is 12.0. The normalized spacial score (nSPS) is 10.2. The zero-order valence-corrected chi connectivity index (χ0v) is 15.9. The van der Waals surface area contributed by atoms with Crippen LogP contribution in [0.5, 0.6) is 0 Å². The minimum atomic E-state index is -0.866. The number of carbonyl (C=O) groups is 3. The predicted molar refractivity (Wildman–Crippen MR) is 102 cm³/mol. The van der Waals surface area contributed by atoms with Gasteiger partial charge in [-0.2, -0.15) is 5.10 Å². The molecule has 0 unspecified atom stereocenters. The maximum Gasteiger partial charge on any atom is 0.359 e. The molecule has 2 aromatic rings. The van der Waals surface area contributed by atoms with Crippen LogP contribution in [0.3, 0.4) is 0 Å². The number of nitrogens with one attached hydrogen (secondary N) is 2. The third-order valence-corrected chi connectivity index (χ3v) is 3.95. The maximum atomic E-state index is 12.0. The Morgan fingerprint density at radius 2 is 1.89 bits per heavy atom. The van der Waals surface area contributed by atoms with E-state index in [0.717, 1.165) is 15.8 Å². The third kappa shape index (κ3) is 5.50. The zero-order chi connectivity index (χ0) is 20.7. The van der Waals surface area contributed by atoms with Crippen LogP contribution >= 0.6 is 0 Å². The van der Waals surface area contributed by atoms with Crippen molar-refractivity contribution in [1.82, 2.24) is 15.1 Å². The predicted octanol–water partition coefficient (Wildman–Crippen LogP) is 1.78. The fourth-order valence-electron chi connectivity index (χ4n) is 2.34. The van der Waals surface area contributed by atoms with Gasteiger partial charge in [0.1, 0.15) is 0 Å². The van der Waals surface area contributed by atoms with Crippen molar-refractivity contribution in [3.8, 4) is 0 Å². The van der Waals surface area contributed by atoms with Gasteiger partial charge in [0.2, 0.25) is 0 Å². The largest absolute Gasteiger partial charge is 0.451 e. The van der Waals surface area contributed by atoms with Gasteiger partial charge in [0, 0.05) is 18.3 Å². The Morgan fingerprint density at radius 3 is 2.61 bits per heavy atom. The molecule has 148 valence electrons. The fraction of sp³-hybridized carbons (Fsp3) is 0.316. The Morgan fingerprint density at radius 1 is 1.14 bits per heavy atom. The van der Waals surface area contributed by atoms with Gasteiger partial charge < -0.3 is 10.1 Å². The molecule has 1 heterocycles. The lowest BCUT2D eigenvalue weighted by molar-refractivity contribution is -0.123. The first-order chi connectivity index (χ1) is 13.3. The first kappa shape index (κ1) is 20.8. The molecular formula is C19H22N4O5. The van der Waals surface area contributed by atoms with E-state index in [4.69, 9.17) is 4.74 Å². The molecule has 0 aliphatic rings. The van der Waals surface area contributed by atoms with E-state index in [1.165, 1.54) is 12.1 Å². The van der Waals surface area contributed by atoms with E-state index in [1.54, 1.807) is 12.1 Å². The Balaban J connectivity index is 1.89. The molecule has 0 saturated carbocycles. The van der Waals surface area contributed by atoms with Crippen LogP contribution in [0.4, 0.5) is 10.5 Å². The van der Waals surface area contributed by atoms with Gasteiger partial charge in [-0.25, -0.2) is 14.3 Å². The molecule has 2 N–H and O–H groups in total. The molecule has 9 heteroatoms. The lowest BCUT2D eigenvalue weighted by atomic mass is 10.1. The van der Waals surface area contributed by atoms with Crippen LogP contribution in [0, 0.1) is 13.8 Å². The second-order valence-electron chi connectivity index (χ2n) is 6.11. The number of imide groups is 1. The average molecular weight is 386 g/mol. The summed E-state index contributed by atoms with van der Waals surface area (Å²) in [6.45, 7) is 5.32. The summed E-state index contributed by atoms with van der Waals surface area (Å²) in [5, 5.41) is 8.54. The monoisotopic (exact) mass is 386 g/mol. The Bertz CT molecular complexity index is 952. The van der Waals surface area contributed by atoms with Crippen LogP contribution in [-0.2, 0) is 16.1 Å². The molecule has 1 aromatic carbocycles. The van der Waals surface area contributed by atoms with E-state index in [1.807, 2.05) is 26.8 Å². The molecule has 0 aliphatic carbocycles. The fourth-order valence-corrected chi connectivity index (χ4v) is 2.34. The third-order valence-electron chi connectivity index (χ3n) is 3.95. The van der Waals surface area contributed by atoms with E-state index in [-0.39, 0.29) is 11.3 Å². The summed E-state index contributed by atoms with van der Waals surface area (Å²) < 4.78 is 6.00. The van der Waals surface area contributed by atoms with Gasteiger partial charge in [0.05, 0.1) is 0 Å². The topological polar surface area (TPSA) is 119 Å². The van der Waals surface area contributed by atoms with Gasteiger partial charge in [-0.05, 0) is 43.5 Å². The Hall–Kier alpha value is -3.49. The molecule has 0 saturated heterocycles. The number of ether oxygens (including phenoxy) is 1. The molecule has 1 aromatic heterocycles. The van der Waals surface area contributed by atoms with Crippen molar-refractivity contribution in [3.05, 3.63) is 57.5 Å². The molecule has 0 aliphatic heterocycles. The van der Waals surface area contributed by atoms with Crippen molar-refractivity contribution in [3.63, 3.8) is 0 Å². The van der Waals surface area contributed by atoms with Gasteiger partial charge in [0.15, 0.2) is 12.3 Å². The molecular weight excluding hydrogens is 364 g/mol. The molecule has 0 atom stereocenters. The van der Waals surface area contributed by atoms with Crippen molar-refractivity contribution in [2.75, 3.05) is 11.9 Å². The number of hydrogen-bond donors (Lipinski definition) is 2. The number of carbonyl (C=O) groups excluding carboxylic acids is 3. The van der Waals surface area contributed by atoms with Crippen molar-refractivity contribution in [2.45, 2.75) is 33.7 Å². The zero-order valence-electron chi connectivity index (χ0n) is 15.9. The molecule has 28 heavy (non-hydrogen) atoms. The number of nitrogens with zero attached hydrogens (tertiary/aromatic N) is 2. The van der Waals surface area contributed by atoms with Crippen molar-refractivity contribution in [2.24, 2.45) is 0 Å². The highest BCUT2D eigenvalue weighted by Crippen LogP contribution is 2.17. The second-order valence-corrected chi connectivity index (χ2v) is 6.11. The van der Waals surface area contributed by atoms with Crippen LogP contribution < -0.4 is 16.2 Å². The quantitative estimate of drug-likeness (QED) is 0.730. The summed E-state index contributed by atoms with van der Waals surface area (Å²) >= 11 is 0. The number of amides is 3. The number of anilines is 1. The smallest absolute Gasteiger partial charge is 0.359 e. The van der Waals surface area contributed by atoms with Crippen molar-refractivity contribution >= 4 is 23.6 Å². The molecule has 0 fully saturated rings. The summed E-state index contributed by atoms with van der Waals surface area (Å²) in [5.41, 5.74) is 2.02. The van der Waals surface area contributed by atoms with Crippen LogP contribution in [-0.4, -0.2) is 34.3 Å². The summed E-state index contributed by atoms with van der Waals surface area (Å²) in [7, 11) is 0. The standard InChI is InChI=1S/C19H22N4O5/c1-4-10-23-17(25)9-8-15(22-23)18(26)28-11-16(24)21-19(27)20-14-7-5-6-12(2)13(14)3/h5-9H,4,10-11H2,1-3H3,(H2,20,21,24,27). The Kier molecular flexibility index (Phi) is 7.02. The second kappa shape index (κ2) is 9.45. The number of aromatic nitrogens is 2. The number of benzene rings is 1. The lowest BCUT2D eigenvalue weighted by Crippen LogP contribution is -2.37. The van der Waals surface area contributed by atoms with E-state index >= 15 is 0 Å². The average Bonchev–Trinajstić information content (AvgIpc) is 2.65. The SMILES string of the molecule is CCCn1nc(C(=O)OCC(=O)NC(=O)Nc2cccc(C)c2C)ccc1=O. The van der Waals surface area contributed by atoms with E-state index in [0.29, 0.717) is 18.7 Å². The summed E-state index contributed by atoms with van der Waals surface area (Å²) in [6, 6.07) is 7.10. The van der Waals surface area contributed by atoms with Crippen LogP contribution in [0.2, 0.25) is 0 Å². The molecule has 9 nitrogen and oxygen atoms in total. The Labute approximate surface area is 161 Å². The number of rotatable bonds is 6. The number of hydrogen-bond acceptors (Lipinski definition) is 6. The highest BCUT2D eigenvalue weighted by Gasteiger charge is 2.15. The van der Waals surface area contributed by atoms with Gasteiger partial charge in [-0.1, -0.05) is 19.1 Å². The van der Waals surface area contributed by atoms with Gasteiger partial charge in [-0.3, -0.25) is 14.9 Å². The van der Waals surface area contributed by atoms with E-state index in [9.17, 15) is 19.2 Å². The van der Waals surface area contributed by atoms with Crippen LogP contribution in [0.15, 0.2) is 35.1 Å². The van der Waals surface area contributed by atoms with Crippen LogP contribution in [0.25, 0.3) is 0 Å². The first-order valence-electron chi connectivity index (χ1n) is 8.74. The summed E-state index contributed by atoms with van der Waals surface area (Å²) in [6.07, 6.45) is 0.670. The molecule has 0 radical (unpaired) electrons. The van der Waals surface area contributed by atoms with Gasteiger partial charge >= 0.3 is 12.0 Å². The van der Waals surface area contributed by atoms with E-state index < -0.39 is 24.5 Å². The number of esters is 1. The molecule has 2 rings (SSSR count). The molecule has 0 bridgehead atoms. The first-order valence-corrected chi connectivity index (χ1v) is 8.74. The van der Waals surface area contributed by atoms with Crippen molar-refractivity contribution < 1.29 is 19.1 Å². The lowest BCUT2D eigenvalue weighted by Gasteiger charge is -2.11. The van der Waals surface area contributed by atoms with Crippen LogP contribution in [0.1, 0.15) is 35.0 Å². The number of aryl methyl sites for hydroxylation is 2. The minimum absolute atomic E-state index is 0.0966. The van der Waals surface area contributed by atoms with Gasteiger partial charge in [-0.15, -0.1) is 0 Å². The van der Waals surface area contributed by atoms with E-state index in [2.05, 4.69) is 15.7 Å². The number of urea groups is 1. The minimum Gasteiger partial charge on any atom is -0.451 e. The highest BCUT2D eigenvalue weighted by molar-refractivity contribution is 6.02. The molecule has 3 amide bonds. The highest BCUT2D eigenvalue weighted by atomic mass is 16.5. The summed E-state index contributed by atoms with van der Waals surface area (Å²) in [4.78, 5) is 47.4. The van der Waals surface area contributed by atoms with Crippen molar-refractivity contribution in [1.29, 1.82) is 0 Å². The summed E-state index contributed by atoms with van der Waals surface area (Å²) in [5.74, 6) is -1.66. The molecule has 0 spiro atoms.